The minimum absolute atomic E-state index is 0.0164. The molecule has 3 aromatic rings. The van der Waals surface area contributed by atoms with E-state index in [0.29, 0.717) is 18.9 Å². The minimum Gasteiger partial charge on any atom is -0.494 e. The van der Waals surface area contributed by atoms with Crippen molar-refractivity contribution < 1.29 is 14.3 Å². The van der Waals surface area contributed by atoms with Gasteiger partial charge in [0.15, 0.2) is 0 Å². The fraction of sp³-hybridized carbons (Fsp3) is 0.185. The van der Waals surface area contributed by atoms with Crippen molar-refractivity contribution in [3.8, 4) is 17.6 Å². The van der Waals surface area contributed by atoms with Crippen LogP contribution in [0.2, 0.25) is 0 Å². The van der Waals surface area contributed by atoms with Crippen LogP contribution in [0.1, 0.15) is 29.2 Å². The monoisotopic (exact) mass is 426 g/mol. The zero-order valence-corrected chi connectivity index (χ0v) is 18.5. The van der Waals surface area contributed by atoms with Gasteiger partial charge in [0.25, 0.3) is 5.91 Å². The minimum atomic E-state index is -0.466. The highest BCUT2D eigenvalue weighted by atomic mass is 16.5. The van der Waals surface area contributed by atoms with Crippen LogP contribution >= 0.6 is 0 Å². The normalized spacial score (nSPS) is 10.9. The van der Waals surface area contributed by atoms with Gasteiger partial charge in [0.2, 0.25) is 0 Å². The largest absolute Gasteiger partial charge is 0.494 e. The molecule has 0 unspecified atom stereocenters. The van der Waals surface area contributed by atoms with Crippen LogP contribution < -0.4 is 14.8 Å². The van der Waals surface area contributed by atoms with E-state index in [1.54, 1.807) is 30.3 Å². The second-order valence-corrected chi connectivity index (χ2v) is 7.36. The molecule has 3 aromatic carbocycles. The summed E-state index contributed by atoms with van der Waals surface area (Å²) in [4.78, 5) is 12.5. The van der Waals surface area contributed by atoms with Gasteiger partial charge in [0.1, 0.15) is 29.7 Å². The Labute approximate surface area is 188 Å². The van der Waals surface area contributed by atoms with Crippen LogP contribution in [0.25, 0.3) is 6.08 Å². The van der Waals surface area contributed by atoms with E-state index in [4.69, 9.17) is 9.47 Å². The van der Waals surface area contributed by atoms with Crippen LogP contribution in [0.3, 0.4) is 0 Å². The molecule has 32 heavy (non-hydrogen) atoms. The van der Waals surface area contributed by atoms with Crippen LogP contribution in [0, 0.1) is 25.2 Å². The van der Waals surface area contributed by atoms with Crippen molar-refractivity contribution in [3.05, 3.63) is 94.6 Å². The Kier molecular flexibility index (Phi) is 7.66. The molecule has 0 aromatic heterocycles. The number of nitrogens with one attached hydrogen (secondary N) is 1. The number of nitrogens with zero attached hydrogens (tertiary/aromatic N) is 1. The van der Waals surface area contributed by atoms with E-state index in [1.165, 1.54) is 11.1 Å². The first-order valence-corrected chi connectivity index (χ1v) is 10.4. The van der Waals surface area contributed by atoms with Gasteiger partial charge in [-0.15, -0.1) is 0 Å². The zero-order chi connectivity index (χ0) is 22.9. The summed E-state index contributed by atoms with van der Waals surface area (Å²) < 4.78 is 11.2. The number of ether oxygens (including phenoxy) is 2. The van der Waals surface area contributed by atoms with Gasteiger partial charge < -0.3 is 14.8 Å². The van der Waals surface area contributed by atoms with Gasteiger partial charge >= 0.3 is 0 Å². The predicted octanol–water partition coefficient (Wildman–Crippen LogP) is 5.83. The van der Waals surface area contributed by atoms with Gasteiger partial charge in [-0.1, -0.05) is 30.3 Å². The second-order valence-electron chi connectivity index (χ2n) is 7.36. The van der Waals surface area contributed by atoms with Crippen molar-refractivity contribution in [3.63, 3.8) is 0 Å². The van der Waals surface area contributed by atoms with Crippen molar-refractivity contribution in [1.29, 1.82) is 5.26 Å². The molecular weight excluding hydrogens is 400 g/mol. The Balaban J connectivity index is 1.61. The molecule has 0 heterocycles. The molecule has 1 N–H and O–H groups in total. The maximum atomic E-state index is 12.5. The molecule has 3 rings (SSSR count). The number of benzene rings is 3. The van der Waals surface area contributed by atoms with Crippen LogP contribution in [-0.4, -0.2) is 12.5 Å². The number of hydrogen-bond acceptors (Lipinski definition) is 4. The predicted molar refractivity (Wildman–Crippen MR) is 127 cm³/mol. The molecule has 0 bridgehead atoms. The molecular formula is C27H26N2O3. The summed E-state index contributed by atoms with van der Waals surface area (Å²) in [6, 6.07) is 22.5. The quantitative estimate of drug-likeness (QED) is 0.363. The Morgan fingerprint density at radius 2 is 1.59 bits per heavy atom. The van der Waals surface area contributed by atoms with E-state index in [9.17, 15) is 10.1 Å². The number of amides is 1. The third-order valence-electron chi connectivity index (χ3n) is 4.96. The van der Waals surface area contributed by atoms with Crippen LogP contribution in [-0.2, 0) is 11.4 Å². The number of rotatable bonds is 8. The van der Waals surface area contributed by atoms with E-state index in [2.05, 4.69) is 37.4 Å². The lowest BCUT2D eigenvalue weighted by molar-refractivity contribution is -0.112. The van der Waals surface area contributed by atoms with Crippen molar-refractivity contribution >= 4 is 17.7 Å². The number of carbonyl (C=O) groups is 1. The second kappa shape index (κ2) is 10.8. The van der Waals surface area contributed by atoms with Gasteiger partial charge in [0, 0.05) is 5.69 Å². The molecule has 162 valence electrons. The van der Waals surface area contributed by atoms with Crippen LogP contribution in [0.5, 0.6) is 11.5 Å². The molecule has 0 atom stereocenters. The van der Waals surface area contributed by atoms with Gasteiger partial charge in [-0.05, 0) is 85.5 Å². The SMILES string of the molecule is CCOc1ccc(NC(=O)/C(C#N)=C/c2ccc(OCc3ccc(C)c(C)c3)cc2)cc1. The summed E-state index contributed by atoms with van der Waals surface area (Å²) in [5.74, 6) is 0.978. The van der Waals surface area contributed by atoms with Gasteiger partial charge in [-0.2, -0.15) is 5.26 Å². The van der Waals surface area contributed by atoms with Crippen LogP contribution in [0.4, 0.5) is 5.69 Å². The van der Waals surface area contributed by atoms with Gasteiger partial charge in [0.05, 0.1) is 6.61 Å². The number of carbonyl (C=O) groups excluding carboxylic acids is 1. The molecule has 5 heteroatoms. The van der Waals surface area contributed by atoms with Crippen molar-refractivity contribution in [2.24, 2.45) is 0 Å². The van der Waals surface area contributed by atoms with E-state index in [1.807, 2.05) is 37.3 Å². The van der Waals surface area contributed by atoms with E-state index in [0.717, 1.165) is 22.6 Å². The smallest absolute Gasteiger partial charge is 0.266 e. The summed E-state index contributed by atoms with van der Waals surface area (Å²) in [5.41, 5.74) is 4.94. The van der Waals surface area contributed by atoms with Crippen molar-refractivity contribution in [2.45, 2.75) is 27.4 Å². The Morgan fingerprint density at radius 3 is 2.22 bits per heavy atom. The summed E-state index contributed by atoms with van der Waals surface area (Å²) in [5, 5.41) is 12.2. The Hall–Kier alpha value is -4.04. The number of aryl methyl sites for hydroxylation is 2. The third kappa shape index (κ3) is 6.23. The molecule has 0 saturated carbocycles. The lowest BCUT2D eigenvalue weighted by Crippen LogP contribution is -2.13. The van der Waals surface area contributed by atoms with E-state index in [-0.39, 0.29) is 5.57 Å². The van der Waals surface area contributed by atoms with Crippen LogP contribution in [0.15, 0.2) is 72.3 Å². The maximum Gasteiger partial charge on any atom is 0.266 e. The molecule has 0 spiro atoms. The molecule has 0 aliphatic heterocycles. The molecule has 0 fully saturated rings. The van der Waals surface area contributed by atoms with Gasteiger partial charge in [-0.3, -0.25) is 4.79 Å². The molecule has 1 amide bonds. The third-order valence-corrected chi connectivity index (χ3v) is 4.96. The van der Waals surface area contributed by atoms with Crippen molar-refractivity contribution in [2.75, 3.05) is 11.9 Å². The average molecular weight is 427 g/mol. The summed E-state index contributed by atoms with van der Waals surface area (Å²) in [7, 11) is 0. The fourth-order valence-corrected chi connectivity index (χ4v) is 3.04. The Morgan fingerprint density at radius 1 is 0.938 bits per heavy atom. The topological polar surface area (TPSA) is 71.3 Å². The average Bonchev–Trinajstić information content (AvgIpc) is 2.80. The highest BCUT2D eigenvalue weighted by Gasteiger charge is 2.10. The lowest BCUT2D eigenvalue weighted by Gasteiger charge is -2.09. The Bertz CT molecular complexity index is 1140. The molecule has 0 aliphatic rings. The van der Waals surface area contributed by atoms with E-state index < -0.39 is 5.91 Å². The standard InChI is InChI=1S/C27H26N2O3/c1-4-31-25-13-9-24(10-14-25)29-27(30)23(17-28)16-21-7-11-26(12-8-21)32-18-22-6-5-19(2)20(3)15-22/h5-16H,4,18H2,1-3H3,(H,29,30)/b23-16+. The maximum absolute atomic E-state index is 12.5. The lowest BCUT2D eigenvalue weighted by atomic mass is 10.1. The zero-order valence-electron chi connectivity index (χ0n) is 18.5. The number of hydrogen-bond donors (Lipinski definition) is 1. The highest BCUT2D eigenvalue weighted by Crippen LogP contribution is 2.19. The van der Waals surface area contributed by atoms with Crippen molar-refractivity contribution in [1.82, 2.24) is 0 Å². The molecule has 5 nitrogen and oxygen atoms in total. The first-order valence-electron chi connectivity index (χ1n) is 10.4. The van der Waals surface area contributed by atoms with Gasteiger partial charge in [-0.25, -0.2) is 0 Å². The molecule has 0 saturated heterocycles. The molecule has 0 aliphatic carbocycles. The summed E-state index contributed by atoms with van der Waals surface area (Å²) >= 11 is 0. The number of anilines is 1. The highest BCUT2D eigenvalue weighted by molar-refractivity contribution is 6.09. The van der Waals surface area contributed by atoms with E-state index >= 15 is 0 Å². The fourth-order valence-electron chi connectivity index (χ4n) is 3.04. The first-order chi connectivity index (χ1) is 15.5. The first kappa shape index (κ1) is 22.6. The summed E-state index contributed by atoms with van der Waals surface area (Å²) in [6.45, 7) is 7.12. The summed E-state index contributed by atoms with van der Waals surface area (Å²) in [6.07, 6.45) is 1.55. The number of nitriles is 1. The molecule has 0 radical (unpaired) electrons.